The quantitative estimate of drug-likeness (QED) is 0.733. The minimum absolute atomic E-state index is 0.0927. The fourth-order valence-electron chi connectivity index (χ4n) is 2.92. The summed E-state index contributed by atoms with van der Waals surface area (Å²) in [6.07, 6.45) is 4.01. The first-order valence-corrected chi connectivity index (χ1v) is 9.85. The van der Waals surface area contributed by atoms with Crippen LogP contribution in [0.1, 0.15) is 59.8 Å². The van der Waals surface area contributed by atoms with Crippen molar-refractivity contribution in [3.05, 3.63) is 0 Å². The van der Waals surface area contributed by atoms with Gasteiger partial charge in [-0.2, -0.15) is 0 Å². The lowest BCUT2D eigenvalue weighted by Crippen LogP contribution is -2.50. The van der Waals surface area contributed by atoms with Crippen LogP contribution in [0.2, 0.25) is 0 Å². The zero-order valence-corrected chi connectivity index (χ0v) is 15.3. The smallest absolute Gasteiger partial charge is 0.310 e. The molecule has 1 amide bonds. The van der Waals surface area contributed by atoms with E-state index in [0.717, 1.165) is 19.3 Å². The summed E-state index contributed by atoms with van der Waals surface area (Å²) in [4.78, 5) is 23.6. The largest absolute Gasteiger partial charge is 0.481 e. The lowest BCUT2D eigenvalue weighted by atomic mass is 9.94. The molecule has 0 bridgehead atoms. The van der Waals surface area contributed by atoms with Gasteiger partial charge in [0.25, 0.3) is 0 Å². The van der Waals surface area contributed by atoms with Crippen LogP contribution in [0.4, 0.5) is 0 Å². The van der Waals surface area contributed by atoms with Gasteiger partial charge in [-0.05, 0) is 32.6 Å². The molecule has 134 valence electrons. The highest BCUT2D eigenvalue weighted by molar-refractivity contribution is 7.93. The van der Waals surface area contributed by atoms with Gasteiger partial charge in [-0.1, -0.05) is 33.1 Å². The normalized spacial score (nSPS) is 18.7. The molecule has 0 heterocycles. The Kier molecular flexibility index (Phi) is 6.62. The minimum Gasteiger partial charge on any atom is -0.481 e. The van der Waals surface area contributed by atoms with Crippen LogP contribution in [-0.4, -0.2) is 42.4 Å². The Morgan fingerprint density at radius 2 is 1.70 bits per heavy atom. The third-order valence-electron chi connectivity index (χ3n) is 4.52. The monoisotopic (exact) mass is 347 g/mol. The van der Waals surface area contributed by atoms with E-state index < -0.39 is 37.6 Å². The summed E-state index contributed by atoms with van der Waals surface area (Å²) in [6, 6.07) is 0. The Balaban J connectivity index is 2.89. The van der Waals surface area contributed by atoms with Crippen LogP contribution in [0.25, 0.3) is 0 Å². The second-order valence-electron chi connectivity index (χ2n) is 7.42. The molecule has 6 nitrogen and oxygen atoms in total. The van der Waals surface area contributed by atoms with Crippen molar-refractivity contribution in [1.29, 1.82) is 0 Å². The van der Waals surface area contributed by atoms with Crippen LogP contribution in [0.3, 0.4) is 0 Å². The van der Waals surface area contributed by atoms with Gasteiger partial charge in [-0.15, -0.1) is 0 Å². The van der Waals surface area contributed by atoms with Crippen LogP contribution in [0.15, 0.2) is 0 Å². The average molecular weight is 347 g/mol. The van der Waals surface area contributed by atoms with Crippen molar-refractivity contribution < 1.29 is 23.1 Å². The third-order valence-corrected chi connectivity index (χ3v) is 7.39. The van der Waals surface area contributed by atoms with Crippen molar-refractivity contribution in [3.8, 4) is 0 Å². The van der Waals surface area contributed by atoms with Gasteiger partial charge in [-0.25, -0.2) is 8.42 Å². The highest BCUT2D eigenvalue weighted by Gasteiger charge is 2.41. The maximum Gasteiger partial charge on any atom is 0.310 e. The van der Waals surface area contributed by atoms with Crippen molar-refractivity contribution >= 4 is 21.7 Å². The summed E-state index contributed by atoms with van der Waals surface area (Å²) < 4.78 is 25.7. The van der Waals surface area contributed by atoms with E-state index in [9.17, 15) is 18.0 Å². The number of carboxylic acid groups (broad SMARTS) is 1. The summed E-state index contributed by atoms with van der Waals surface area (Å²) in [5, 5.41) is 10.1. The van der Waals surface area contributed by atoms with E-state index in [1.807, 2.05) is 0 Å². The molecule has 0 saturated heterocycles. The van der Waals surface area contributed by atoms with Gasteiger partial charge in [0.1, 0.15) is 5.25 Å². The molecular weight excluding hydrogens is 318 g/mol. The van der Waals surface area contributed by atoms with Crippen LogP contribution in [-0.2, 0) is 19.4 Å². The lowest BCUT2D eigenvalue weighted by molar-refractivity contribution is -0.146. The molecule has 1 saturated carbocycles. The molecule has 1 aliphatic carbocycles. The van der Waals surface area contributed by atoms with E-state index in [2.05, 4.69) is 5.32 Å². The zero-order valence-electron chi connectivity index (χ0n) is 14.5. The van der Waals surface area contributed by atoms with Crippen molar-refractivity contribution in [2.75, 3.05) is 6.54 Å². The van der Waals surface area contributed by atoms with Crippen molar-refractivity contribution in [1.82, 2.24) is 5.32 Å². The molecule has 23 heavy (non-hydrogen) atoms. The van der Waals surface area contributed by atoms with E-state index in [1.54, 1.807) is 13.8 Å². The zero-order chi connectivity index (χ0) is 17.8. The van der Waals surface area contributed by atoms with Crippen LogP contribution < -0.4 is 5.32 Å². The maximum atomic E-state index is 12.8. The van der Waals surface area contributed by atoms with Gasteiger partial charge in [-0.3, -0.25) is 9.59 Å². The van der Waals surface area contributed by atoms with Crippen molar-refractivity contribution in [3.63, 3.8) is 0 Å². The SMILES string of the molecule is CC(C)C(C(=O)NCC(C)(C)C(=O)O)S(=O)(=O)C1CCCCC1. The number of hydrogen-bond acceptors (Lipinski definition) is 4. The average Bonchev–Trinajstić information content (AvgIpc) is 2.45. The number of hydrogen-bond donors (Lipinski definition) is 2. The number of carbonyl (C=O) groups is 2. The van der Waals surface area contributed by atoms with Gasteiger partial charge in [0.2, 0.25) is 5.91 Å². The molecule has 1 atom stereocenters. The first-order chi connectivity index (χ1) is 10.5. The molecule has 1 unspecified atom stereocenters. The van der Waals surface area contributed by atoms with E-state index in [-0.39, 0.29) is 12.5 Å². The maximum absolute atomic E-state index is 12.8. The molecule has 0 aromatic rings. The highest BCUT2D eigenvalue weighted by atomic mass is 32.2. The first-order valence-electron chi connectivity index (χ1n) is 8.24. The van der Waals surface area contributed by atoms with Gasteiger partial charge in [0.15, 0.2) is 9.84 Å². The molecule has 0 aliphatic heterocycles. The van der Waals surface area contributed by atoms with Crippen molar-refractivity contribution in [2.24, 2.45) is 11.3 Å². The molecule has 1 fully saturated rings. The number of carboxylic acids is 1. The van der Waals surface area contributed by atoms with Crippen molar-refractivity contribution in [2.45, 2.75) is 70.3 Å². The predicted octanol–water partition coefficient (Wildman–Crippen LogP) is 1.99. The summed E-state index contributed by atoms with van der Waals surface area (Å²) in [7, 11) is -3.57. The lowest BCUT2D eigenvalue weighted by Gasteiger charge is -2.29. The predicted molar refractivity (Wildman–Crippen MR) is 88.8 cm³/mol. The van der Waals surface area contributed by atoms with Gasteiger partial charge in [0, 0.05) is 6.54 Å². The second kappa shape index (κ2) is 7.64. The summed E-state index contributed by atoms with van der Waals surface area (Å²) >= 11 is 0. The number of amides is 1. The van der Waals surface area contributed by atoms with Gasteiger partial charge in [0.05, 0.1) is 10.7 Å². The minimum atomic E-state index is -3.57. The molecule has 1 aliphatic rings. The highest BCUT2D eigenvalue weighted by Crippen LogP contribution is 2.29. The third kappa shape index (κ3) is 4.93. The fraction of sp³-hybridized carbons (Fsp3) is 0.875. The molecule has 0 aromatic heterocycles. The standard InChI is InChI=1S/C16H29NO5S/c1-11(2)13(14(18)17-10-16(3,4)15(19)20)23(21,22)12-8-6-5-7-9-12/h11-13H,5-10H2,1-4H3,(H,17,18)(H,19,20). The molecule has 1 rings (SSSR count). The van der Waals surface area contributed by atoms with Crippen LogP contribution >= 0.6 is 0 Å². The van der Waals surface area contributed by atoms with Crippen LogP contribution in [0.5, 0.6) is 0 Å². The Morgan fingerprint density at radius 1 is 1.17 bits per heavy atom. The first kappa shape index (κ1) is 19.9. The Labute approximate surface area is 139 Å². The summed E-state index contributed by atoms with van der Waals surface area (Å²) in [6.45, 7) is 6.33. The second-order valence-corrected chi connectivity index (χ2v) is 9.77. The topological polar surface area (TPSA) is 101 Å². The van der Waals surface area contributed by atoms with Gasteiger partial charge < -0.3 is 10.4 Å². The Morgan fingerprint density at radius 3 is 2.13 bits per heavy atom. The molecule has 7 heteroatoms. The fourth-order valence-corrected chi connectivity index (χ4v) is 5.46. The van der Waals surface area contributed by atoms with E-state index in [0.29, 0.717) is 12.8 Å². The Bertz CT molecular complexity index is 533. The molecule has 0 aromatic carbocycles. The molecule has 0 spiro atoms. The van der Waals surface area contributed by atoms with Gasteiger partial charge >= 0.3 is 5.97 Å². The number of carbonyl (C=O) groups excluding carboxylic acids is 1. The van der Waals surface area contributed by atoms with E-state index in [4.69, 9.17) is 5.11 Å². The Hall–Kier alpha value is -1.11. The summed E-state index contributed by atoms with van der Waals surface area (Å²) in [5.41, 5.74) is -1.13. The van der Waals surface area contributed by atoms with E-state index >= 15 is 0 Å². The molecule has 0 radical (unpaired) electrons. The number of sulfone groups is 1. The number of aliphatic carboxylic acids is 1. The van der Waals surface area contributed by atoms with E-state index in [1.165, 1.54) is 13.8 Å². The molecule has 2 N–H and O–H groups in total. The number of rotatable bonds is 7. The summed E-state index contributed by atoms with van der Waals surface area (Å²) in [5.74, 6) is -1.97. The molecular formula is C16H29NO5S. The number of nitrogens with one attached hydrogen (secondary N) is 1. The van der Waals surface area contributed by atoms with Crippen LogP contribution in [0, 0.1) is 11.3 Å².